The molecule has 4 saturated carbocycles. The third-order valence-electron chi connectivity index (χ3n) is 33.5. The number of ether oxygens (including phenoxy) is 19. The Morgan fingerprint density at radius 2 is 0.906 bits per heavy atom. The Kier molecular flexibility index (Phi) is 34.3. The molecule has 9 saturated heterocycles. The number of aliphatic hydroxyl groups excluding tert-OH is 25. The minimum absolute atomic E-state index is 0.0115. The lowest BCUT2D eigenvalue weighted by Crippen LogP contribution is -2.68. The van der Waals surface area contributed by atoms with Crippen LogP contribution in [0.3, 0.4) is 0 Å². The van der Waals surface area contributed by atoms with Crippen LogP contribution in [0.2, 0.25) is 0 Å². The lowest BCUT2D eigenvalue weighted by molar-refractivity contribution is -0.389. The highest BCUT2D eigenvalue weighted by Crippen LogP contribution is 2.76. The fraction of sp³-hybridized carbons (Fsp3) is 0.913. The second-order valence-corrected chi connectivity index (χ2v) is 42.7. The van der Waals surface area contributed by atoms with Gasteiger partial charge in [-0.2, -0.15) is 0 Å². The molecule has 0 unspecified atom stereocenters. The van der Waals surface area contributed by atoms with E-state index in [9.17, 15) is 132 Å². The van der Waals surface area contributed by atoms with Gasteiger partial charge in [0.05, 0.1) is 86.8 Å². The van der Waals surface area contributed by atoms with Gasteiger partial charge in [0.2, 0.25) is 6.29 Å². The first-order valence-corrected chi connectivity index (χ1v) is 48.0. The molecule has 13 fully saturated rings. The van der Waals surface area contributed by atoms with Crippen LogP contribution in [0.5, 0.6) is 0 Å². The lowest BCUT2D eigenvalue weighted by Gasteiger charge is -2.71. The van der Waals surface area contributed by atoms with Gasteiger partial charge < -0.3 is 218 Å². The molecule has 0 spiro atoms. The van der Waals surface area contributed by atoms with Crippen molar-refractivity contribution in [2.24, 2.45) is 50.2 Å². The van der Waals surface area contributed by atoms with Crippen LogP contribution in [0.25, 0.3) is 0 Å². The maximum Gasteiger partial charge on any atom is 0.336 e. The molecule has 0 aromatic heterocycles. The summed E-state index contributed by atoms with van der Waals surface area (Å²) >= 11 is 0. The van der Waals surface area contributed by atoms with E-state index in [0.717, 1.165) is 5.57 Å². The topological polar surface area (TPSA) is 715 Å². The van der Waals surface area contributed by atoms with E-state index in [0.29, 0.717) is 32.1 Å². The molecule has 138 heavy (non-hydrogen) atoms. The van der Waals surface area contributed by atoms with Gasteiger partial charge in [-0.15, -0.1) is 6.58 Å². The SMILES string of the molecule is C=C[C@](C)(CC/C=C(\CO)C(=O)O[C@H]1C[C@]2(C(=O)O[C@@H]3O[C@H](CO)[C@H](O)[C@H](O)[C@H]3O[C@@H]3O[C@@H](C)[C@H](O[C@@H]4O[C@@H](CO)[C@H](O)[C@H]4O)[C@@H](O[C@@H]4O[C@H](C)[C@@H](O)[C@H](O)[C@H]4O)[C@H]3O)CC[C@]3(C)C(=CC[C@@H]4[C@@]5(C)CC[C@H](O[C@@H]6O[C@H](CO[C@@H]7O[C@H](C)[C@H](O)[C@H](O)[C@H]7O[C@@H]7OC[C@@H](O)[C@H](O)[C@H]7O)[C@H](O)[C@H](O)[C@H]6O[C@@H]6O[C@H](CO)[C@H](O)[C@H](O)[C@H]6O)C(C)(C)[C@@H]5CC[C@]43C)[C@@H]2CC1(C)C)O[C@@H]1O[C@H](C)[C@@H](O)[C@H](O)[C@H]1O. The minimum atomic E-state index is -2.19. The number of hydrogen-bond acceptors (Lipinski definition) is 46. The average Bonchev–Trinajstić information content (AvgIpc) is 0.681. The minimum Gasteiger partial charge on any atom is -0.458 e. The normalized spacial score (nSPS) is 51.9. The molecular weight excluding hydrogens is 1840 g/mol. The second kappa shape index (κ2) is 43.0. The predicted molar refractivity (Wildman–Crippen MR) is 459 cm³/mol. The maximum absolute atomic E-state index is 16.8. The molecule has 0 radical (unpaired) electrons. The van der Waals surface area contributed by atoms with Crippen molar-refractivity contribution in [2.75, 3.05) is 39.6 Å². The fourth-order valence-electron chi connectivity index (χ4n) is 24.4. The van der Waals surface area contributed by atoms with Gasteiger partial charge >= 0.3 is 11.9 Å². The monoisotopic (exact) mass is 1990 g/mol. The summed E-state index contributed by atoms with van der Waals surface area (Å²) in [6.45, 7) is 20.9. The highest BCUT2D eigenvalue weighted by atomic mass is 16.8. The van der Waals surface area contributed by atoms with Gasteiger partial charge in [0.15, 0.2) is 56.4 Å². The largest absolute Gasteiger partial charge is 0.458 e. The summed E-state index contributed by atoms with van der Waals surface area (Å²) in [5.74, 6) is -3.13. The molecular formula is C92H148O46. The number of allylic oxidation sites excluding steroid dienone is 3. The predicted octanol–water partition coefficient (Wildman–Crippen LogP) is -7.37. The summed E-state index contributed by atoms with van der Waals surface area (Å²) in [4.78, 5) is 31.8. The number of carbonyl (C=O) groups excluding carboxylic acids is 2. The van der Waals surface area contributed by atoms with Crippen molar-refractivity contribution in [3.05, 3.63) is 36.0 Å². The zero-order chi connectivity index (χ0) is 101. The molecule has 46 heteroatoms. The van der Waals surface area contributed by atoms with Crippen molar-refractivity contribution in [2.45, 2.75) is 436 Å². The summed E-state index contributed by atoms with van der Waals surface area (Å²) in [7, 11) is 0. The van der Waals surface area contributed by atoms with Crippen LogP contribution in [0.15, 0.2) is 36.0 Å². The standard InChI is InChI=1S/C92H148O46/c1-14-88(10,138-81-68(116)59(107)51(99)35(3)123-81)21-15-16-38(28-93)75(118)130-49-27-92(85(119)137-84-74(62(110)55(103)43(30-95)128-84)136-80-69(117)71(133-77-66(114)58(106)50(98)34(2)122-77)70(37(5)125-80)132-78-65(113)56(104)44(31-96)127-78)25-24-90(12)39(40(92)26-86(49,6)7)17-18-47-89(11)22-20-48(87(8,9)46(89)19-23-91(47,90)13)131-83-73(135-79-67(115)60(108)54(102)42(29-94)126-79)63(111)57(105)45(129-83)33-121-82-72(61(109)52(100)36(4)124-82)134-76-64(112)53(101)41(97)32-120-76/h14,16-17,34-37,40-74,76-84,93-117H,1,15,18-33H2,2-13H3/b38-16+/t34-,35-,36-,37+,40+,41-,42-,43-,44+,45-,46+,47-,48+,49+,50-,51-,52+,53+,54+,55+,56+,57+,58+,59+,60+,61+,62+,63+,64-,65-,66-,67-,68-,69-,70+,71+,72-,73-,74-,76+,77+,78+,79+,80+,81+,82-,83+,84+,88-,89+,90-,91-,92-/m1/s1. The Morgan fingerprint density at radius 1 is 0.442 bits per heavy atom. The first kappa shape index (κ1) is 110. The highest BCUT2D eigenvalue weighted by molar-refractivity contribution is 5.89. The third-order valence-corrected chi connectivity index (χ3v) is 33.5. The van der Waals surface area contributed by atoms with E-state index in [-0.39, 0.29) is 55.9 Å². The Balaban J connectivity index is 0.762. The lowest BCUT2D eigenvalue weighted by atomic mass is 9.33. The van der Waals surface area contributed by atoms with E-state index in [4.69, 9.17) is 90.0 Å². The zero-order valence-electron chi connectivity index (χ0n) is 79.4. The third kappa shape index (κ3) is 20.5. The van der Waals surface area contributed by atoms with Crippen LogP contribution in [0, 0.1) is 50.2 Å². The van der Waals surface area contributed by atoms with Crippen molar-refractivity contribution in [1.29, 1.82) is 0 Å². The molecule has 46 nitrogen and oxygen atoms in total. The number of fused-ring (bicyclic) bond motifs is 7. The van der Waals surface area contributed by atoms with Gasteiger partial charge in [0, 0.05) is 11.8 Å². The van der Waals surface area contributed by atoms with Crippen molar-refractivity contribution in [1.82, 2.24) is 0 Å². The van der Waals surface area contributed by atoms with Crippen LogP contribution in [0.4, 0.5) is 0 Å². The van der Waals surface area contributed by atoms with E-state index in [1.807, 2.05) is 27.7 Å². The van der Waals surface area contributed by atoms with Crippen LogP contribution < -0.4 is 0 Å². The Morgan fingerprint density at radius 3 is 1.50 bits per heavy atom. The van der Waals surface area contributed by atoms with Crippen LogP contribution in [0.1, 0.15) is 154 Å². The van der Waals surface area contributed by atoms with Crippen molar-refractivity contribution in [3.63, 3.8) is 0 Å². The molecule has 14 rings (SSSR count). The summed E-state index contributed by atoms with van der Waals surface area (Å²) in [5, 5.41) is 277. The van der Waals surface area contributed by atoms with Crippen LogP contribution >= 0.6 is 0 Å². The van der Waals surface area contributed by atoms with Crippen LogP contribution in [-0.2, 0) is 99.6 Å². The molecule has 9 aliphatic heterocycles. The van der Waals surface area contributed by atoms with Gasteiger partial charge in [-0.25, -0.2) is 4.79 Å². The molecule has 0 amide bonds. The summed E-state index contributed by atoms with van der Waals surface area (Å²) in [6.07, 6.45) is -69.3. The molecule has 0 aromatic carbocycles. The molecule has 0 bridgehead atoms. The first-order chi connectivity index (χ1) is 64.7. The van der Waals surface area contributed by atoms with E-state index in [2.05, 4.69) is 33.4 Å². The number of aliphatic hydroxyl groups is 25. The van der Waals surface area contributed by atoms with Crippen molar-refractivity contribution in [3.8, 4) is 0 Å². The first-order valence-electron chi connectivity index (χ1n) is 48.0. The van der Waals surface area contributed by atoms with E-state index in [1.165, 1.54) is 39.8 Å². The molecule has 14 aliphatic rings. The van der Waals surface area contributed by atoms with Gasteiger partial charge in [0.25, 0.3) is 0 Å². The summed E-state index contributed by atoms with van der Waals surface area (Å²) < 4.78 is 117. The number of esters is 2. The van der Waals surface area contributed by atoms with E-state index < -0.39 is 372 Å². The maximum atomic E-state index is 16.8. The Hall–Kier alpha value is -3.52. The van der Waals surface area contributed by atoms with Gasteiger partial charge in [-0.1, -0.05) is 72.3 Å². The Bertz CT molecular complexity index is 4130. The zero-order valence-corrected chi connectivity index (χ0v) is 79.4. The molecule has 0 aromatic rings. The van der Waals surface area contributed by atoms with E-state index >= 15 is 4.79 Å². The van der Waals surface area contributed by atoms with Crippen LogP contribution in [-0.4, -0.2) is 461 Å². The van der Waals surface area contributed by atoms with Gasteiger partial charge in [0.1, 0.15) is 183 Å². The number of carbonyl (C=O) groups is 2. The Labute approximate surface area is 797 Å². The molecule has 25 N–H and O–H groups in total. The number of rotatable bonds is 29. The van der Waals surface area contributed by atoms with Crippen molar-refractivity contribution < 1.29 is 227 Å². The number of hydrogen-bond donors (Lipinski definition) is 25. The van der Waals surface area contributed by atoms with E-state index in [1.54, 1.807) is 6.92 Å². The molecule has 792 valence electrons. The fourth-order valence-corrected chi connectivity index (χ4v) is 24.4. The summed E-state index contributed by atoms with van der Waals surface area (Å²) in [5.41, 5.74) is -6.28. The highest BCUT2D eigenvalue weighted by Gasteiger charge is 2.73. The van der Waals surface area contributed by atoms with Gasteiger partial charge in [-0.3, -0.25) is 4.79 Å². The smallest absolute Gasteiger partial charge is 0.336 e. The van der Waals surface area contributed by atoms with Crippen molar-refractivity contribution >= 4 is 11.9 Å². The molecule has 5 aliphatic carbocycles. The second-order valence-electron chi connectivity index (χ2n) is 42.7. The quantitative estimate of drug-likeness (QED) is 0.0143. The molecule has 9 heterocycles. The molecule has 53 atom stereocenters. The van der Waals surface area contributed by atoms with Gasteiger partial charge in [-0.05, 0) is 138 Å². The summed E-state index contributed by atoms with van der Waals surface area (Å²) in [6, 6.07) is 0. The average molecular weight is 1990 g/mol.